The van der Waals surface area contributed by atoms with Crippen molar-refractivity contribution in [2.75, 3.05) is 19.8 Å². The van der Waals surface area contributed by atoms with Gasteiger partial charge in [-0.05, 0) is 30.9 Å². The Morgan fingerprint density at radius 1 is 1.24 bits per heavy atom. The van der Waals surface area contributed by atoms with Gasteiger partial charge in [-0.1, -0.05) is 19.9 Å². The second-order valence-corrected chi connectivity index (χ2v) is 4.66. The Balaban J connectivity index is 1.92. The average molecular weight is 236 g/mol. The van der Waals surface area contributed by atoms with Crippen molar-refractivity contribution < 1.29 is 14.2 Å². The molecule has 1 heterocycles. The fourth-order valence-corrected chi connectivity index (χ4v) is 1.83. The highest BCUT2D eigenvalue weighted by molar-refractivity contribution is 5.51. The fourth-order valence-electron chi connectivity index (χ4n) is 1.83. The third-order valence-electron chi connectivity index (χ3n) is 2.71. The second-order valence-electron chi connectivity index (χ2n) is 4.66. The summed E-state index contributed by atoms with van der Waals surface area (Å²) in [6, 6.07) is 5.78. The third kappa shape index (κ3) is 3.29. The Kier molecular flexibility index (Phi) is 4.13. The molecule has 0 saturated heterocycles. The number of hydrogen-bond acceptors (Lipinski definition) is 3. The molecule has 3 heteroatoms. The lowest BCUT2D eigenvalue weighted by Crippen LogP contribution is -2.16. The summed E-state index contributed by atoms with van der Waals surface area (Å²) in [6.07, 6.45) is 2.26. The van der Waals surface area contributed by atoms with E-state index in [1.807, 2.05) is 18.2 Å². The van der Waals surface area contributed by atoms with Gasteiger partial charge in [-0.3, -0.25) is 0 Å². The smallest absolute Gasteiger partial charge is 0.203 e. The van der Waals surface area contributed by atoms with Crippen LogP contribution in [0.4, 0.5) is 0 Å². The number of hydrogen-bond donors (Lipinski definition) is 0. The number of para-hydroxylation sites is 1. The van der Waals surface area contributed by atoms with E-state index in [0.29, 0.717) is 13.2 Å². The molecule has 0 aliphatic carbocycles. The van der Waals surface area contributed by atoms with Crippen molar-refractivity contribution in [3.05, 3.63) is 18.2 Å². The van der Waals surface area contributed by atoms with Gasteiger partial charge in [0.1, 0.15) is 13.2 Å². The van der Waals surface area contributed by atoms with Gasteiger partial charge in [-0.15, -0.1) is 0 Å². The Labute approximate surface area is 103 Å². The molecule has 1 aliphatic rings. The zero-order valence-electron chi connectivity index (χ0n) is 10.6. The maximum atomic E-state index is 5.75. The number of benzene rings is 1. The van der Waals surface area contributed by atoms with Crippen LogP contribution in [0, 0.1) is 5.92 Å². The van der Waals surface area contributed by atoms with Gasteiger partial charge in [0.15, 0.2) is 11.5 Å². The molecule has 1 aromatic carbocycles. The molecule has 0 spiro atoms. The van der Waals surface area contributed by atoms with Gasteiger partial charge < -0.3 is 14.2 Å². The largest absolute Gasteiger partial charge is 0.490 e. The van der Waals surface area contributed by atoms with E-state index in [0.717, 1.165) is 36.2 Å². The maximum absolute atomic E-state index is 5.75. The van der Waals surface area contributed by atoms with Crippen LogP contribution >= 0.6 is 0 Å². The summed E-state index contributed by atoms with van der Waals surface area (Å²) in [5.74, 6) is 3.06. The molecule has 0 unspecified atom stereocenters. The van der Waals surface area contributed by atoms with E-state index in [4.69, 9.17) is 14.2 Å². The van der Waals surface area contributed by atoms with Gasteiger partial charge >= 0.3 is 0 Å². The van der Waals surface area contributed by atoms with Gasteiger partial charge in [0, 0.05) is 0 Å². The van der Waals surface area contributed by atoms with Crippen LogP contribution in [0.15, 0.2) is 18.2 Å². The Morgan fingerprint density at radius 3 is 2.88 bits per heavy atom. The van der Waals surface area contributed by atoms with Crippen molar-refractivity contribution in [1.29, 1.82) is 0 Å². The first-order valence-electron chi connectivity index (χ1n) is 6.29. The molecular weight excluding hydrogens is 216 g/mol. The lowest BCUT2D eigenvalue weighted by molar-refractivity contribution is 0.161. The molecule has 1 aliphatic heterocycles. The highest BCUT2D eigenvalue weighted by atomic mass is 16.6. The van der Waals surface area contributed by atoms with Crippen LogP contribution in [0.2, 0.25) is 0 Å². The van der Waals surface area contributed by atoms with Crippen LogP contribution < -0.4 is 14.2 Å². The standard InChI is InChI=1S/C14H20O3/c1-11(2)5-4-8-15-12-6-3-7-13-14(12)17-10-9-16-13/h3,6-7,11H,4-5,8-10H2,1-2H3. The lowest BCUT2D eigenvalue weighted by atomic mass is 10.1. The molecule has 0 N–H and O–H groups in total. The van der Waals surface area contributed by atoms with Gasteiger partial charge in [0.05, 0.1) is 6.61 Å². The number of ether oxygens (including phenoxy) is 3. The van der Waals surface area contributed by atoms with Crippen LogP contribution in [-0.4, -0.2) is 19.8 Å². The average Bonchev–Trinajstić information content (AvgIpc) is 2.34. The summed E-state index contributed by atoms with van der Waals surface area (Å²) in [6.45, 7) is 6.39. The minimum atomic E-state index is 0.597. The minimum absolute atomic E-state index is 0.597. The molecule has 17 heavy (non-hydrogen) atoms. The normalized spacial score (nSPS) is 13.8. The molecule has 0 amide bonds. The summed E-state index contributed by atoms with van der Waals surface area (Å²) in [5.41, 5.74) is 0. The van der Waals surface area contributed by atoms with Crippen molar-refractivity contribution >= 4 is 0 Å². The molecule has 0 aromatic heterocycles. The summed E-state index contributed by atoms with van der Waals surface area (Å²) >= 11 is 0. The molecule has 1 aromatic rings. The first kappa shape index (κ1) is 12.1. The van der Waals surface area contributed by atoms with E-state index < -0.39 is 0 Å². The Bertz CT molecular complexity index is 360. The van der Waals surface area contributed by atoms with E-state index >= 15 is 0 Å². The van der Waals surface area contributed by atoms with Gasteiger partial charge in [-0.2, -0.15) is 0 Å². The predicted molar refractivity (Wildman–Crippen MR) is 67.0 cm³/mol. The van der Waals surface area contributed by atoms with Gasteiger partial charge in [0.25, 0.3) is 0 Å². The summed E-state index contributed by atoms with van der Waals surface area (Å²) in [5, 5.41) is 0. The number of fused-ring (bicyclic) bond motifs is 1. The van der Waals surface area contributed by atoms with Gasteiger partial charge in [-0.25, -0.2) is 0 Å². The van der Waals surface area contributed by atoms with Crippen molar-refractivity contribution in [3.8, 4) is 17.2 Å². The molecule has 0 saturated carbocycles. The van der Waals surface area contributed by atoms with Crippen LogP contribution in [-0.2, 0) is 0 Å². The monoisotopic (exact) mass is 236 g/mol. The van der Waals surface area contributed by atoms with Gasteiger partial charge in [0.2, 0.25) is 5.75 Å². The molecular formula is C14H20O3. The molecule has 0 fully saturated rings. The van der Waals surface area contributed by atoms with Crippen molar-refractivity contribution in [1.82, 2.24) is 0 Å². The zero-order valence-corrected chi connectivity index (χ0v) is 10.6. The topological polar surface area (TPSA) is 27.7 Å². The SMILES string of the molecule is CC(C)CCCOc1cccc2c1OCCO2. The first-order chi connectivity index (χ1) is 8.27. The van der Waals surface area contributed by atoms with E-state index in [9.17, 15) is 0 Å². The quantitative estimate of drug-likeness (QED) is 0.734. The lowest BCUT2D eigenvalue weighted by Gasteiger charge is -2.20. The number of rotatable bonds is 5. The van der Waals surface area contributed by atoms with Crippen molar-refractivity contribution in [2.45, 2.75) is 26.7 Å². The fraction of sp³-hybridized carbons (Fsp3) is 0.571. The Hall–Kier alpha value is -1.38. The molecule has 94 valence electrons. The van der Waals surface area contributed by atoms with E-state index in [1.54, 1.807) is 0 Å². The summed E-state index contributed by atoms with van der Waals surface area (Å²) in [4.78, 5) is 0. The van der Waals surface area contributed by atoms with E-state index in [2.05, 4.69) is 13.8 Å². The summed E-state index contributed by atoms with van der Waals surface area (Å²) < 4.78 is 16.8. The molecule has 0 atom stereocenters. The van der Waals surface area contributed by atoms with Crippen LogP contribution in [0.5, 0.6) is 17.2 Å². The zero-order chi connectivity index (χ0) is 12.1. The van der Waals surface area contributed by atoms with E-state index in [1.165, 1.54) is 6.42 Å². The van der Waals surface area contributed by atoms with Crippen LogP contribution in [0.25, 0.3) is 0 Å². The van der Waals surface area contributed by atoms with Crippen LogP contribution in [0.3, 0.4) is 0 Å². The second kappa shape index (κ2) is 5.80. The highest BCUT2D eigenvalue weighted by Gasteiger charge is 2.16. The first-order valence-corrected chi connectivity index (χ1v) is 6.29. The third-order valence-corrected chi connectivity index (χ3v) is 2.71. The molecule has 3 nitrogen and oxygen atoms in total. The highest BCUT2D eigenvalue weighted by Crippen LogP contribution is 2.38. The predicted octanol–water partition coefficient (Wildman–Crippen LogP) is 3.27. The Morgan fingerprint density at radius 2 is 2.06 bits per heavy atom. The molecule has 0 radical (unpaired) electrons. The van der Waals surface area contributed by atoms with E-state index in [-0.39, 0.29) is 0 Å². The molecule has 2 rings (SSSR count). The molecule has 0 bridgehead atoms. The summed E-state index contributed by atoms with van der Waals surface area (Å²) in [7, 11) is 0. The van der Waals surface area contributed by atoms with Crippen molar-refractivity contribution in [3.63, 3.8) is 0 Å². The maximum Gasteiger partial charge on any atom is 0.203 e. The van der Waals surface area contributed by atoms with Crippen LogP contribution in [0.1, 0.15) is 26.7 Å². The van der Waals surface area contributed by atoms with Crippen molar-refractivity contribution in [2.24, 2.45) is 5.92 Å². The minimum Gasteiger partial charge on any atom is -0.490 e.